The van der Waals surface area contributed by atoms with Crippen molar-refractivity contribution in [3.63, 3.8) is 0 Å². The lowest BCUT2D eigenvalue weighted by Crippen LogP contribution is -2.39. The van der Waals surface area contributed by atoms with E-state index in [0.29, 0.717) is 24.3 Å². The number of aromatic hydroxyl groups is 1. The van der Waals surface area contributed by atoms with Crippen molar-refractivity contribution in [2.75, 3.05) is 24.7 Å². The van der Waals surface area contributed by atoms with E-state index >= 15 is 0 Å². The second-order valence-electron chi connectivity index (χ2n) is 6.71. The Labute approximate surface area is 164 Å². The molecule has 0 aromatic heterocycles. The molecule has 1 aliphatic heterocycles. The molecule has 2 aromatic carbocycles. The third-order valence-corrected chi connectivity index (χ3v) is 7.06. The number of phenols is 1. The van der Waals surface area contributed by atoms with Crippen LogP contribution in [-0.4, -0.2) is 35.8 Å². The maximum Gasteiger partial charge on any atom is 0.132 e. The fourth-order valence-electron chi connectivity index (χ4n) is 2.86. The van der Waals surface area contributed by atoms with E-state index in [1.807, 2.05) is 42.1 Å². The van der Waals surface area contributed by atoms with Gasteiger partial charge in [0.15, 0.2) is 0 Å². The zero-order valence-electron chi connectivity index (χ0n) is 15.4. The largest absolute Gasteiger partial charge is 0.506 e. The summed E-state index contributed by atoms with van der Waals surface area (Å²) in [5.74, 6) is 3.97. The zero-order chi connectivity index (χ0) is 18.4. The first-order valence-corrected chi connectivity index (χ1v) is 11.2. The molecule has 5 heteroatoms. The van der Waals surface area contributed by atoms with E-state index in [1.54, 1.807) is 11.8 Å². The van der Waals surface area contributed by atoms with Crippen LogP contribution in [0.4, 0.5) is 0 Å². The summed E-state index contributed by atoms with van der Waals surface area (Å²) >= 11 is 3.60. The van der Waals surface area contributed by atoms with Gasteiger partial charge < -0.3 is 15.2 Å². The number of phenolic OH excluding ortho intramolecular Hbond substituents is 1. The van der Waals surface area contributed by atoms with Gasteiger partial charge >= 0.3 is 0 Å². The summed E-state index contributed by atoms with van der Waals surface area (Å²) in [7, 11) is 0. The standard InChI is InChI=1S/C21H27NO2S2/c1-3-16-7-6-10-20(21(16)23)25-13-15(2)11-22-17-12-24-18-8-4-5-9-19(18)26-14-17/h4-10,15,17,22-23H,3,11-14H2,1-2H3/t15-,17?/m1/s1. The number of para-hydroxylation sites is 2. The Morgan fingerprint density at radius 2 is 2.12 bits per heavy atom. The summed E-state index contributed by atoms with van der Waals surface area (Å²) in [5.41, 5.74) is 1.02. The number of nitrogens with one attached hydrogen (secondary N) is 1. The van der Waals surface area contributed by atoms with E-state index in [9.17, 15) is 5.11 Å². The predicted molar refractivity (Wildman–Crippen MR) is 112 cm³/mol. The van der Waals surface area contributed by atoms with E-state index in [-0.39, 0.29) is 0 Å². The highest BCUT2D eigenvalue weighted by atomic mass is 32.2. The lowest BCUT2D eigenvalue weighted by atomic mass is 10.1. The molecule has 26 heavy (non-hydrogen) atoms. The molecule has 2 atom stereocenters. The number of hydrogen-bond acceptors (Lipinski definition) is 5. The van der Waals surface area contributed by atoms with Crippen LogP contribution < -0.4 is 10.1 Å². The average Bonchev–Trinajstić information content (AvgIpc) is 2.88. The number of fused-ring (bicyclic) bond motifs is 1. The van der Waals surface area contributed by atoms with Crippen molar-refractivity contribution in [1.82, 2.24) is 5.32 Å². The minimum atomic E-state index is 0.358. The molecule has 0 bridgehead atoms. The maximum atomic E-state index is 10.3. The van der Waals surface area contributed by atoms with Gasteiger partial charge in [-0.2, -0.15) is 0 Å². The molecule has 140 valence electrons. The van der Waals surface area contributed by atoms with Crippen molar-refractivity contribution >= 4 is 23.5 Å². The number of rotatable bonds is 7. The molecule has 0 saturated carbocycles. The summed E-state index contributed by atoms with van der Waals surface area (Å²) in [6.45, 7) is 5.98. The van der Waals surface area contributed by atoms with Gasteiger partial charge in [-0.3, -0.25) is 0 Å². The van der Waals surface area contributed by atoms with E-state index in [0.717, 1.165) is 40.7 Å². The van der Waals surface area contributed by atoms with Gasteiger partial charge in [0.05, 0.1) is 6.04 Å². The highest BCUT2D eigenvalue weighted by Crippen LogP contribution is 2.33. The molecular weight excluding hydrogens is 362 g/mol. The SMILES string of the molecule is CCc1cccc(SC[C@H](C)CNC2COc3ccccc3SC2)c1O. The quantitative estimate of drug-likeness (QED) is 0.664. The number of benzene rings is 2. The summed E-state index contributed by atoms with van der Waals surface area (Å²) in [5, 5.41) is 13.9. The second-order valence-corrected chi connectivity index (χ2v) is 8.83. The number of hydrogen-bond donors (Lipinski definition) is 2. The Bertz CT molecular complexity index is 696. The van der Waals surface area contributed by atoms with Gasteiger partial charge in [-0.05, 0) is 42.6 Å². The van der Waals surface area contributed by atoms with Crippen molar-refractivity contribution in [2.24, 2.45) is 5.92 Å². The van der Waals surface area contributed by atoms with Gasteiger partial charge in [0.2, 0.25) is 0 Å². The number of thioether (sulfide) groups is 2. The molecule has 0 fully saturated rings. The highest BCUT2D eigenvalue weighted by molar-refractivity contribution is 7.99. The Kier molecular flexibility index (Phi) is 7.17. The monoisotopic (exact) mass is 389 g/mol. The second kappa shape index (κ2) is 9.58. The third kappa shape index (κ3) is 5.12. The van der Waals surface area contributed by atoms with Crippen LogP contribution in [0.15, 0.2) is 52.3 Å². The summed E-state index contributed by atoms with van der Waals surface area (Å²) in [6, 6.07) is 14.6. The van der Waals surface area contributed by atoms with Crippen molar-refractivity contribution in [3.8, 4) is 11.5 Å². The van der Waals surface area contributed by atoms with Crippen LogP contribution in [0.2, 0.25) is 0 Å². The van der Waals surface area contributed by atoms with Crippen LogP contribution in [0.5, 0.6) is 11.5 Å². The van der Waals surface area contributed by atoms with E-state index in [4.69, 9.17) is 4.74 Å². The van der Waals surface area contributed by atoms with Gasteiger partial charge in [-0.25, -0.2) is 0 Å². The van der Waals surface area contributed by atoms with Gasteiger partial charge in [-0.15, -0.1) is 23.5 Å². The van der Waals surface area contributed by atoms with Crippen LogP contribution in [0.3, 0.4) is 0 Å². The maximum absolute atomic E-state index is 10.3. The summed E-state index contributed by atoms with van der Waals surface area (Å²) in [4.78, 5) is 2.21. The van der Waals surface area contributed by atoms with E-state index in [1.165, 1.54) is 4.90 Å². The molecule has 0 amide bonds. The molecule has 0 aliphatic carbocycles. The average molecular weight is 390 g/mol. The lowest BCUT2D eigenvalue weighted by Gasteiger charge is -2.19. The molecule has 1 heterocycles. The van der Waals surface area contributed by atoms with Gasteiger partial charge in [-0.1, -0.05) is 38.1 Å². The Hall–Kier alpha value is -1.30. The van der Waals surface area contributed by atoms with Gasteiger partial charge in [0, 0.05) is 21.3 Å². The van der Waals surface area contributed by atoms with Crippen molar-refractivity contribution in [1.29, 1.82) is 0 Å². The fraction of sp³-hybridized carbons (Fsp3) is 0.429. The van der Waals surface area contributed by atoms with Gasteiger partial charge in [0.1, 0.15) is 18.1 Å². The summed E-state index contributed by atoms with van der Waals surface area (Å²) < 4.78 is 5.94. The Morgan fingerprint density at radius 1 is 1.27 bits per heavy atom. The first kappa shape index (κ1) is 19.5. The van der Waals surface area contributed by atoms with Crippen molar-refractivity contribution in [3.05, 3.63) is 48.0 Å². The Balaban J connectivity index is 1.44. The molecule has 2 N–H and O–H groups in total. The minimum Gasteiger partial charge on any atom is -0.506 e. The minimum absolute atomic E-state index is 0.358. The highest BCUT2D eigenvalue weighted by Gasteiger charge is 2.18. The molecule has 0 radical (unpaired) electrons. The number of ether oxygens (including phenoxy) is 1. The predicted octanol–water partition coefficient (Wildman–Crippen LogP) is 4.83. The lowest BCUT2D eigenvalue weighted by molar-refractivity contribution is 0.270. The topological polar surface area (TPSA) is 41.5 Å². The molecular formula is C21H27NO2S2. The third-order valence-electron chi connectivity index (χ3n) is 4.47. The first-order chi connectivity index (χ1) is 12.7. The number of aryl methyl sites for hydroxylation is 1. The molecule has 3 nitrogen and oxygen atoms in total. The Morgan fingerprint density at radius 3 is 2.96 bits per heavy atom. The van der Waals surface area contributed by atoms with Crippen molar-refractivity contribution in [2.45, 2.75) is 36.1 Å². The molecule has 1 unspecified atom stereocenters. The summed E-state index contributed by atoms with van der Waals surface area (Å²) in [6.07, 6.45) is 0.860. The van der Waals surface area contributed by atoms with Crippen molar-refractivity contribution < 1.29 is 9.84 Å². The molecule has 2 aromatic rings. The molecule has 0 spiro atoms. The smallest absolute Gasteiger partial charge is 0.132 e. The molecule has 3 rings (SSSR count). The van der Waals surface area contributed by atoms with Crippen LogP contribution in [0, 0.1) is 5.92 Å². The first-order valence-electron chi connectivity index (χ1n) is 9.19. The van der Waals surface area contributed by atoms with Crippen LogP contribution in [-0.2, 0) is 6.42 Å². The van der Waals surface area contributed by atoms with Crippen LogP contribution >= 0.6 is 23.5 Å². The van der Waals surface area contributed by atoms with Crippen LogP contribution in [0.1, 0.15) is 19.4 Å². The van der Waals surface area contributed by atoms with Crippen LogP contribution in [0.25, 0.3) is 0 Å². The normalized spacial score (nSPS) is 17.8. The fourth-order valence-corrected chi connectivity index (χ4v) is 4.93. The zero-order valence-corrected chi connectivity index (χ0v) is 17.0. The molecule has 0 saturated heterocycles. The molecule has 1 aliphatic rings. The van der Waals surface area contributed by atoms with E-state index in [2.05, 4.69) is 31.3 Å². The van der Waals surface area contributed by atoms with Gasteiger partial charge in [0.25, 0.3) is 0 Å². The van der Waals surface area contributed by atoms with E-state index < -0.39 is 0 Å².